The number of urea groups is 1. The molecule has 0 fully saturated rings. The fraction of sp³-hybridized carbons (Fsp3) is 0.533. The van der Waals surface area contributed by atoms with Crippen molar-refractivity contribution in [3.8, 4) is 0 Å². The van der Waals surface area contributed by atoms with Gasteiger partial charge in [-0.1, -0.05) is 19.1 Å². The van der Waals surface area contributed by atoms with Gasteiger partial charge < -0.3 is 20.5 Å². The summed E-state index contributed by atoms with van der Waals surface area (Å²) in [6.07, 6.45) is 0.654. The number of ether oxygens (including phenoxy) is 1. The molecular formula is C15H24N2O3. The van der Waals surface area contributed by atoms with Crippen LogP contribution in [0.25, 0.3) is 0 Å². The zero-order chi connectivity index (χ0) is 15.0. The zero-order valence-corrected chi connectivity index (χ0v) is 12.4. The van der Waals surface area contributed by atoms with Gasteiger partial charge in [-0.25, -0.2) is 4.79 Å². The van der Waals surface area contributed by atoms with E-state index in [1.165, 1.54) is 0 Å². The van der Waals surface area contributed by atoms with Crippen molar-refractivity contribution in [2.75, 3.05) is 18.5 Å². The van der Waals surface area contributed by atoms with Gasteiger partial charge in [0.25, 0.3) is 0 Å². The van der Waals surface area contributed by atoms with Gasteiger partial charge in [-0.3, -0.25) is 0 Å². The Hall–Kier alpha value is -1.59. The first-order valence-electron chi connectivity index (χ1n) is 6.89. The van der Waals surface area contributed by atoms with Gasteiger partial charge in [-0.2, -0.15) is 0 Å². The number of carbonyl (C=O) groups is 1. The van der Waals surface area contributed by atoms with Crippen molar-refractivity contribution in [3.05, 3.63) is 29.8 Å². The first-order valence-corrected chi connectivity index (χ1v) is 6.89. The Labute approximate surface area is 120 Å². The molecule has 20 heavy (non-hydrogen) atoms. The number of anilines is 1. The zero-order valence-electron chi connectivity index (χ0n) is 12.4. The highest BCUT2D eigenvalue weighted by Crippen LogP contribution is 2.13. The van der Waals surface area contributed by atoms with E-state index in [1.807, 2.05) is 38.1 Å². The molecule has 0 aliphatic carbocycles. The molecule has 0 saturated carbocycles. The van der Waals surface area contributed by atoms with E-state index < -0.39 is 5.54 Å². The quantitative estimate of drug-likeness (QED) is 0.718. The Balaban J connectivity index is 2.61. The van der Waals surface area contributed by atoms with Crippen LogP contribution in [0.5, 0.6) is 0 Å². The Morgan fingerprint density at radius 1 is 1.40 bits per heavy atom. The average Bonchev–Trinajstić information content (AvgIpc) is 2.45. The van der Waals surface area contributed by atoms with Gasteiger partial charge in [0.1, 0.15) is 0 Å². The molecule has 3 N–H and O–H groups in total. The Morgan fingerprint density at radius 3 is 2.75 bits per heavy atom. The predicted octanol–water partition coefficient (Wildman–Crippen LogP) is 2.51. The maximum atomic E-state index is 11.9. The van der Waals surface area contributed by atoms with Crippen LogP contribution in [0.3, 0.4) is 0 Å². The van der Waals surface area contributed by atoms with Crippen LogP contribution in [-0.2, 0) is 11.3 Å². The van der Waals surface area contributed by atoms with Crippen LogP contribution in [0, 0.1) is 0 Å². The average molecular weight is 280 g/mol. The van der Waals surface area contributed by atoms with E-state index in [0.29, 0.717) is 25.3 Å². The summed E-state index contributed by atoms with van der Waals surface area (Å²) in [4.78, 5) is 11.9. The second-order valence-electron chi connectivity index (χ2n) is 4.99. The normalized spacial score (nSPS) is 13.6. The molecule has 1 rings (SSSR count). The van der Waals surface area contributed by atoms with E-state index >= 15 is 0 Å². The SMILES string of the molecule is CCOCc1cccc(NC(=O)NC(C)(CC)CO)c1. The van der Waals surface area contributed by atoms with Gasteiger partial charge in [0, 0.05) is 12.3 Å². The number of aliphatic hydroxyl groups excluding tert-OH is 1. The van der Waals surface area contributed by atoms with Crippen molar-refractivity contribution >= 4 is 11.7 Å². The van der Waals surface area contributed by atoms with E-state index in [9.17, 15) is 9.90 Å². The summed E-state index contributed by atoms with van der Waals surface area (Å²) in [7, 11) is 0. The van der Waals surface area contributed by atoms with Crippen molar-refractivity contribution < 1.29 is 14.6 Å². The van der Waals surface area contributed by atoms with Crippen molar-refractivity contribution in [2.24, 2.45) is 0 Å². The minimum absolute atomic E-state index is 0.0959. The van der Waals surface area contributed by atoms with Crippen LogP contribution in [0.2, 0.25) is 0 Å². The van der Waals surface area contributed by atoms with Crippen LogP contribution in [-0.4, -0.2) is 29.9 Å². The standard InChI is InChI=1S/C15H24N2O3/c1-4-15(3,11-18)17-14(19)16-13-8-6-7-12(9-13)10-20-5-2/h6-9,18H,4-5,10-11H2,1-3H3,(H2,16,17,19). The van der Waals surface area contributed by atoms with Crippen molar-refractivity contribution in [2.45, 2.75) is 39.3 Å². The topological polar surface area (TPSA) is 70.6 Å². The van der Waals surface area contributed by atoms with Gasteiger partial charge in [0.2, 0.25) is 0 Å². The Morgan fingerprint density at radius 2 is 2.15 bits per heavy atom. The molecule has 0 aliphatic rings. The van der Waals surface area contributed by atoms with Crippen LogP contribution < -0.4 is 10.6 Å². The number of amides is 2. The third-order valence-electron chi connectivity index (χ3n) is 3.20. The highest BCUT2D eigenvalue weighted by molar-refractivity contribution is 5.89. The van der Waals surface area contributed by atoms with E-state index in [0.717, 1.165) is 5.56 Å². The maximum absolute atomic E-state index is 11.9. The lowest BCUT2D eigenvalue weighted by Crippen LogP contribution is -2.50. The number of nitrogens with one attached hydrogen (secondary N) is 2. The molecule has 1 aromatic rings. The minimum Gasteiger partial charge on any atom is -0.394 e. The summed E-state index contributed by atoms with van der Waals surface area (Å²) in [5.41, 5.74) is 1.11. The Bertz CT molecular complexity index is 431. The number of carbonyl (C=O) groups excluding carboxylic acids is 1. The number of hydrogen-bond acceptors (Lipinski definition) is 3. The van der Waals surface area contributed by atoms with Crippen LogP contribution in [0.1, 0.15) is 32.8 Å². The highest BCUT2D eigenvalue weighted by Gasteiger charge is 2.23. The molecule has 0 bridgehead atoms. The third kappa shape index (κ3) is 5.19. The summed E-state index contributed by atoms with van der Waals surface area (Å²) in [5, 5.41) is 14.8. The summed E-state index contributed by atoms with van der Waals surface area (Å²) in [6.45, 7) is 6.75. The monoisotopic (exact) mass is 280 g/mol. The fourth-order valence-electron chi connectivity index (χ4n) is 1.63. The van der Waals surface area contributed by atoms with E-state index in [-0.39, 0.29) is 12.6 Å². The van der Waals surface area contributed by atoms with Crippen molar-refractivity contribution in [3.63, 3.8) is 0 Å². The lowest BCUT2D eigenvalue weighted by molar-refractivity contribution is 0.134. The molecule has 0 radical (unpaired) electrons. The number of rotatable bonds is 7. The largest absolute Gasteiger partial charge is 0.394 e. The van der Waals surface area contributed by atoms with Crippen LogP contribution in [0.4, 0.5) is 10.5 Å². The molecular weight excluding hydrogens is 256 g/mol. The summed E-state index contributed by atoms with van der Waals surface area (Å²) < 4.78 is 5.33. The van der Waals surface area contributed by atoms with E-state index in [2.05, 4.69) is 10.6 Å². The fourth-order valence-corrected chi connectivity index (χ4v) is 1.63. The number of hydrogen-bond donors (Lipinski definition) is 3. The van der Waals surface area contributed by atoms with Crippen molar-refractivity contribution in [1.82, 2.24) is 5.32 Å². The molecule has 0 spiro atoms. The molecule has 5 nitrogen and oxygen atoms in total. The van der Waals surface area contributed by atoms with Crippen LogP contribution >= 0.6 is 0 Å². The second-order valence-corrected chi connectivity index (χ2v) is 4.99. The first kappa shape index (κ1) is 16.5. The number of aliphatic hydroxyl groups is 1. The van der Waals surface area contributed by atoms with Gasteiger partial charge in [-0.05, 0) is 38.0 Å². The predicted molar refractivity (Wildman–Crippen MR) is 79.7 cm³/mol. The molecule has 1 aromatic carbocycles. The molecule has 0 aromatic heterocycles. The highest BCUT2D eigenvalue weighted by atomic mass is 16.5. The molecule has 112 valence electrons. The molecule has 0 heterocycles. The van der Waals surface area contributed by atoms with Gasteiger partial charge in [-0.15, -0.1) is 0 Å². The molecule has 0 aliphatic heterocycles. The molecule has 0 saturated heterocycles. The summed E-state index contributed by atoms with van der Waals surface area (Å²) in [5.74, 6) is 0. The van der Waals surface area contributed by atoms with Gasteiger partial charge >= 0.3 is 6.03 Å². The van der Waals surface area contributed by atoms with E-state index in [4.69, 9.17) is 4.74 Å². The molecule has 1 atom stereocenters. The Kier molecular flexibility index (Phi) is 6.48. The lowest BCUT2D eigenvalue weighted by Gasteiger charge is -2.27. The minimum atomic E-state index is -0.604. The molecule has 1 unspecified atom stereocenters. The smallest absolute Gasteiger partial charge is 0.319 e. The lowest BCUT2D eigenvalue weighted by atomic mass is 10.0. The maximum Gasteiger partial charge on any atom is 0.319 e. The van der Waals surface area contributed by atoms with Crippen molar-refractivity contribution in [1.29, 1.82) is 0 Å². The summed E-state index contributed by atoms with van der Waals surface area (Å²) in [6, 6.07) is 7.18. The first-order chi connectivity index (χ1) is 9.53. The van der Waals surface area contributed by atoms with Crippen LogP contribution in [0.15, 0.2) is 24.3 Å². The second kappa shape index (κ2) is 7.87. The van der Waals surface area contributed by atoms with Gasteiger partial charge in [0.05, 0.1) is 18.8 Å². The van der Waals surface area contributed by atoms with E-state index in [1.54, 1.807) is 6.92 Å². The number of benzene rings is 1. The van der Waals surface area contributed by atoms with Gasteiger partial charge in [0.15, 0.2) is 0 Å². The molecule has 5 heteroatoms. The molecule has 2 amide bonds. The third-order valence-corrected chi connectivity index (χ3v) is 3.20. The summed E-state index contributed by atoms with van der Waals surface area (Å²) >= 11 is 0.